The Morgan fingerprint density at radius 3 is 1.72 bits per heavy atom. The van der Waals surface area contributed by atoms with Gasteiger partial charge in [0.25, 0.3) is 0 Å². The van der Waals surface area contributed by atoms with Gasteiger partial charge in [-0.15, -0.1) is 0 Å². The van der Waals surface area contributed by atoms with Crippen LogP contribution in [-0.4, -0.2) is 0 Å². The van der Waals surface area contributed by atoms with Crippen molar-refractivity contribution in [2.24, 2.45) is 0 Å². The van der Waals surface area contributed by atoms with Gasteiger partial charge in [0.15, 0.2) is 0 Å². The molecule has 0 N–H and O–H groups in total. The Morgan fingerprint density at radius 1 is 0.722 bits per heavy atom. The lowest BCUT2D eigenvalue weighted by atomic mass is 10.4. The molecular weight excluding hydrogens is 235 g/mol. The third-order valence-electron chi connectivity index (χ3n) is 3.33. The first-order chi connectivity index (χ1) is 8.95. The molecule has 2 aromatic rings. The van der Waals surface area contributed by atoms with Crippen molar-refractivity contribution >= 4 is 18.5 Å². The van der Waals surface area contributed by atoms with E-state index in [9.17, 15) is 0 Å². The van der Waals surface area contributed by atoms with E-state index in [1.807, 2.05) is 0 Å². The Labute approximate surface area is 110 Å². The van der Waals surface area contributed by atoms with E-state index in [1.54, 1.807) is 5.31 Å². The van der Waals surface area contributed by atoms with Gasteiger partial charge in [0, 0.05) is 0 Å². The summed E-state index contributed by atoms with van der Waals surface area (Å²) in [5.74, 6) is 0. The molecule has 3 rings (SSSR count). The molecule has 0 atom stereocenters. The first kappa shape index (κ1) is 11.7. The summed E-state index contributed by atoms with van der Waals surface area (Å²) in [4.78, 5) is 0. The summed E-state index contributed by atoms with van der Waals surface area (Å²) in [6, 6.07) is 21.9. The molecule has 1 aliphatic carbocycles. The van der Waals surface area contributed by atoms with Crippen LogP contribution in [0.2, 0.25) is 0 Å². The zero-order valence-electron chi connectivity index (χ0n) is 10.4. The first-order valence-electron chi connectivity index (χ1n) is 6.54. The monoisotopic (exact) mass is 252 g/mol. The summed E-state index contributed by atoms with van der Waals surface area (Å²) >= 11 is 0. The van der Waals surface area contributed by atoms with Crippen molar-refractivity contribution in [3.05, 3.63) is 72.1 Å². The van der Waals surface area contributed by atoms with Gasteiger partial charge < -0.3 is 0 Å². The molecule has 0 spiro atoms. The largest absolute Gasteiger partial charge is 0.0802 e. The average molecular weight is 252 g/mol. The zero-order valence-corrected chi connectivity index (χ0v) is 11.3. The predicted molar refractivity (Wildman–Crippen MR) is 81.0 cm³/mol. The summed E-state index contributed by atoms with van der Waals surface area (Å²) in [6.07, 6.45) is 6.32. The summed E-state index contributed by atoms with van der Waals surface area (Å²) in [6.45, 7) is 0. The molecule has 0 aromatic heterocycles. The molecule has 0 radical (unpaired) electrons. The molecule has 0 amide bonds. The van der Waals surface area contributed by atoms with Gasteiger partial charge in [-0.2, -0.15) is 0 Å². The van der Waals surface area contributed by atoms with Crippen LogP contribution < -0.4 is 10.6 Å². The number of rotatable bonds is 3. The zero-order chi connectivity index (χ0) is 12.2. The molecule has 2 aromatic carbocycles. The van der Waals surface area contributed by atoms with Crippen LogP contribution in [0.4, 0.5) is 0 Å². The lowest BCUT2D eigenvalue weighted by molar-refractivity contribution is 0.924. The summed E-state index contributed by atoms with van der Waals surface area (Å²) in [5.41, 5.74) is 0. The summed E-state index contributed by atoms with van der Waals surface area (Å²) in [5, 5.41) is 4.61. The lowest BCUT2D eigenvalue weighted by Crippen LogP contribution is -2.12. The topological polar surface area (TPSA) is 0 Å². The molecule has 1 aliphatic rings. The maximum atomic E-state index is 2.46. The minimum atomic E-state index is -0.291. The van der Waals surface area contributed by atoms with Gasteiger partial charge in [0.2, 0.25) is 0 Å². The molecule has 0 aliphatic heterocycles. The second-order valence-electron chi connectivity index (χ2n) is 4.59. The molecule has 90 valence electrons. The van der Waals surface area contributed by atoms with E-state index in [-0.39, 0.29) is 7.92 Å². The Kier molecular flexibility index (Phi) is 3.57. The van der Waals surface area contributed by atoms with Crippen molar-refractivity contribution in [3.8, 4) is 0 Å². The number of hydrogen-bond donors (Lipinski definition) is 0. The van der Waals surface area contributed by atoms with Crippen LogP contribution in [0.1, 0.15) is 19.3 Å². The van der Waals surface area contributed by atoms with Crippen LogP contribution in [0.5, 0.6) is 0 Å². The van der Waals surface area contributed by atoms with Gasteiger partial charge in [-0.1, -0.05) is 66.7 Å². The molecule has 18 heavy (non-hydrogen) atoms. The Hall–Kier alpha value is -1.39. The molecule has 0 heterocycles. The van der Waals surface area contributed by atoms with Crippen molar-refractivity contribution < 1.29 is 0 Å². The molecular formula is C17H17P. The maximum absolute atomic E-state index is 2.46. The van der Waals surface area contributed by atoms with E-state index in [1.165, 1.54) is 29.9 Å². The second kappa shape index (κ2) is 5.50. The fraction of sp³-hybridized carbons (Fsp3) is 0.176. The van der Waals surface area contributed by atoms with Crippen molar-refractivity contribution in [2.75, 3.05) is 0 Å². The van der Waals surface area contributed by atoms with Crippen LogP contribution >= 0.6 is 7.92 Å². The first-order valence-corrected chi connectivity index (χ1v) is 7.88. The molecule has 0 bridgehead atoms. The molecule has 0 fully saturated rings. The Bertz CT molecular complexity index is 489. The summed E-state index contributed by atoms with van der Waals surface area (Å²) < 4.78 is 0. The number of benzene rings is 2. The Morgan fingerprint density at radius 2 is 1.28 bits per heavy atom. The number of allylic oxidation sites excluding steroid dienone is 2. The third kappa shape index (κ3) is 2.40. The van der Waals surface area contributed by atoms with Crippen molar-refractivity contribution in [2.45, 2.75) is 19.3 Å². The molecule has 1 heteroatoms. The van der Waals surface area contributed by atoms with Crippen LogP contribution in [0, 0.1) is 0 Å². The van der Waals surface area contributed by atoms with E-state index in [0.29, 0.717) is 0 Å². The third-order valence-corrected chi connectivity index (χ3v) is 5.94. The fourth-order valence-corrected chi connectivity index (χ4v) is 5.09. The van der Waals surface area contributed by atoms with Gasteiger partial charge in [-0.05, 0) is 43.1 Å². The van der Waals surface area contributed by atoms with E-state index in [2.05, 4.69) is 66.7 Å². The quantitative estimate of drug-likeness (QED) is 0.719. The maximum Gasteiger partial charge on any atom is -0.0154 e. The lowest BCUT2D eigenvalue weighted by Gasteiger charge is -2.20. The highest BCUT2D eigenvalue weighted by Crippen LogP contribution is 2.47. The predicted octanol–water partition coefficient (Wildman–Crippen LogP) is 4.19. The van der Waals surface area contributed by atoms with Crippen molar-refractivity contribution in [3.63, 3.8) is 0 Å². The van der Waals surface area contributed by atoms with Gasteiger partial charge in [0.05, 0.1) is 0 Å². The van der Waals surface area contributed by atoms with Gasteiger partial charge in [-0.3, -0.25) is 0 Å². The second-order valence-corrected chi connectivity index (χ2v) is 6.87. The van der Waals surface area contributed by atoms with E-state index >= 15 is 0 Å². The molecule has 0 saturated carbocycles. The normalized spacial score (nSPS) is 14.8. The highest BCUT2D eigenvalue weighted by atomic mass is 31.1. The average Bonchev–Trinajstić information content (AvgIpc) is 2.95. The van der Waals surface area contributed by atoms with Gasteiger partial charge in [0.1, 0.15) is 0 Å². The Balaban J connectivity index is 2.04. The van der Waals surface area contributed by atoms with Crippen LogP contribution in [0.15, 0.2) is 72.1 Å². The van der Waals surface area contributed by atoms with E-state index in [4.69, 9.17) is 0 Å². The summed E-state index contributed by atoms with van der Waals surface area (Å²) in [7, 11) is -0.291. The fourth-order valence-electron chi connectivity index (χ4n) is 2.49. The van der Waals surface area contributed by atoms with Crippen molar-refractivity contribution in [1.82, 2.24) is 0 Å². The minimum absolute atomic E-state index is 0.291. The van der Waals surface area contributed by atoms with E-state index < -0.39 is 0 Å². The standard InChI is InChI=1S/C17H17P/c1-3-9-15(10-4-1)18(17-13-7-8-14-17)16-11-5-2-6-12-16/h1-6,9-13H,7-8,14H2. The SMILES string of the molecule is C1=C(P(c2ccccc2)c2ccccc2)CCC1. The van der Waals surface area contributed by atoms with Crippen LogP contribution in [-0.2, 0) is 0 Å². The smallest absolute Gasteiger partial charge is 0.0154 e. The number of hydrogen-bond acceptors (Lipinski definition) is 0. The van der Waals surface area contributed by atoms with Crippen molar-refractivity contribution in [1.29, 1.82) is 0 Å². The van der Waals surface area contributed by atoms with E-state index in [0.717, 1.165) is 0 Å². The molecule has 0 saturated heterocycles. The van der Waals surface area contributed by atoms with Gasteiger partial charge >= 0.3 is 0 Å². The minimum Gasteiger partial charge on any atom is -0.0802 e. The highest BCUT2D eigenvalue weighted by molar-refractivity contribution is 7.76. The molecule has 0 nitrogen and oxygen atoms in total. The van der Waals surface area contributed by atoms with Crippen LogP contribution in [0.3, 0.4) is 0 Å². The molecule has 0 unspecified atom stereocenters. The van der Waals surface area contributed by atoms with Crippen LogP contribution in [0.25, 0.3) is 0 Å². The highest BCUT2D eigenvalue weighted by Gasteiger charge is 2.20. The van der Waals surface area contributed by atoms with Gasteiger partial charge in [-0.25, -0.2) is 0 Å².